The van der Waals surface area contributed by atoms with Gasteiger partial charge in [0.05, 0.1) is 6.54 Å². The molecule has 1 saturated carbocycles. The Morgan fingerprint density at radius 1 is 1.11 bits per heavy atom. The molecule has 0 radical (unpaired) electrons. The highest BCUT2D eigenvalue weighted by Crippen LogP contribution is 2.19. The number of hydrogen-bond acceptors (Lipinski definition) is 4. The maximum Gasteiger partial charge on any atom is 0.243 e. The zero-order chi connectivity index (χ0) is 19.2. The summed E-state index contributed by atoms with van der Waals surface area (Å²) in [6, 6.07) is 7.30. The smallest absolute Gasteiger partial charge is 0.243 e. The molecule has 2 fully saturated rings. The molecule has 1 saturated heterocycles. The molecule has 2 aliphatic rings. The summed E-state index contributed by atoms with van der Waals surface area (Å²) in [6.07, 6.45) is 6.31. The second kappa shape index (κ2) is 8.99. The summed E-state index contributed by atoms with van der Waals surface area (Å²) in [5.74, 6) is -0.0559. The quantitative estimate of drug-likeness (QED) is 0.425. The zero-order valence-electron chi connectivity index (χ0n) is 15.7. The van der Waals surface area contributed by atoms with Crippen LogP contribution in [0.3, 0.4) is 0 Å². The van der Waals surface area contributed by atoms with Gasteiger partial charge in [-0.3, -0.25) is 15.0 Å². The molecule has 1 aromatic rings. The molecule has 0 spiro atoms. The van der Waals surface area contributed by atoms with Crippen molar-refractivity contribution in [2.45, 2.75) is 57.2 Å². The van der Waals surface area contributed by atoms with Crippen molar-refractivity contribution >= 4 is 17.6 Å². The van der Waals surface area contributed by atoms with Gasteiger partial charge in [-0.05, 0) is 31.2 Å². The summed E-state index contributed by atoms with van der Waals surface area (Å²) in [6.45, 7) is 1.37. The van der Waals surface area contributed by atoms with Crippen molar-refractivity contribution < 1.29 is 9.59 Å². The molecule has 1 aliphatic heterocycles. The second-order valence-corrected chi connectivity index (χ2v) is 7.44. The minimum Gasteiger partial charge on any atom is -0.384 e. The first-order valence-electron chi connectivity index (χ1n) is 9.78. The van der Waals surface area contributed by atoms with Crippen LogP contribution in [0.25, 0.3) is 0 Å². The monoisotopic (exact) mass is 371 g/mol. The number of amides is 2. The van der Waals surface area contributed by atoms with Crippen molar-refractivity contribution in [1.29, 1.82) is 5.41 Å². The van der Waals surface area contributed by atoms with Crippen LogP contribution in [0.1, 0.15) is 49.7 Å². The van der Waals surface area contributed by atoms with Gasteiger partial charge in [0.2, 0.25) is 11.8 Å². The SMILES string of the molecule is N=C(N)c1ccc(CNC(=O)C2CCCN2C(=O)CNC2CCCC2)cc1. The number of rotatable bonds is 7. The molecule has 5 N–H and O–H groups in total. The third-order valence-corrected chi connectivity index (χ3v) is 5.50. The minimum atomic E-state index is -0.376. The van der Waals surface area contributed by atoms with E-state index in [-0.39, 0.29) is 23.7 Å². The first-order valence-corrected chi connectivity index (χ1v) is 9.78. The van der Waals surface area contributed by atoms with E-state index in [4.69, 9.17) is 11.1 Å². The summed E-state index contributed by atoms with van der Waals surface area (Å²) in [7, 11) is 0. The maximum atomic E-state index is 12.6. The van der Waals surface area contributed by atoms with Crippen LogP contribution >= 0.6 is 0 Å². The Morgan fingerprint density at radius 3 is 2.48 bits per heavy atom. The highest BCUT2D eigenvalue weighted by Gasteiger charge is 2.33. The number of nitrogens with zero attached hydrogens (tertiary/aromatic N) is 1. The Kier molecular flexibility index (Phi) is 6.45. The van der Waals surface area contributed by atoms with Crippen LogP contribution in [-0.4, -0.2) is 47.7 Å². The van der Waals surface area contributed by atoms with Crippen LogP contribution < -0.4 is 16.4 Å². The molecule has 3 rings (SSSR count). The van der Waals surface area contributed by atoms with E-state index >= 15 is 0 Å². The van der Waals surface area contributed by atoms with E-state index < -0.39 is 0 Å². The predicted molar refractivity (Wildman–Crippen MR) is 104 cm³/mol. The van der Waals surface area contributed by atoms with Gasteiger partial charge < -0.3 is 21.3 Å². The van der Waals surface area contributed by atoms with E-state index in [9.17, 15) is 9.59 Å². The molecular weight excluding hydrogens is 342 g/mol. The third kappa shape index (κ3) is 5.07. The molecule has 7 heteroatoms. The van der Waals surface area contributed by atoms with Crippen molar-refractivity contribution in [2.24, 2.45) is 5.73 Å². The summed E-state index contributed by atoms with van der Waals surface area (Å²) < 4.78 is 0. The van der Waals surface area contributed by atoms with Crippen LogP contribution in [0, 0.1) is 5.41 Å². The lowest BCUT2D eigenvalue weighted by atomic mass is 10.1. The Hall–Kier alpha value is -2.41. The number of hydrogen-bond donors (Lipinski definition) is 4. The third-order valence-electron chi connectivity index (χ3n) is 5.50. The Labute approximate surface area is 160 Å². The van der Waals surface area contributed by atoms with E-state index in [1.807, 2.05) is 12.1 Å². The molecule has 0 bridgehead atoms. The van der Waals surface area contributed by atoms with E-state index in [1.165, 1.54) is 12.8 Å². The van der Waals surface area contributed by atoms with Crippen LogP contribution in [0.4, 0.5) is 0 Å². The largest absolute Gasteiger partial charge is 0.384 e. The minimum absolute atomic E-state index is 0.0189. The molecule has 7 nitrogen and oxygen atoms in total. The fraction of sp³-hybridized carbons (Fsp3) is 0.550. The predicted octanol–water partition coefficient (Wildman–Crippen LogP) is 1.11. The molecule has 27 heavy (non-hydrogen) atoms. The summed E-state index contributed by atoms with van der Waals surface area (Å²) in [4.78, 5) is 26.9. The number of carbonyl (C=O) groups excluding carboxylic acids is 2. The number of likely N-dealkylation sites (tertiary alicyclic amines) is 1. The molecule has 0 aromatic heterocycles. The molecule has 146 valence electrons. The summed E-state index contributed by atoms with van der Waals surface area (Å²) in [5.41, 5.74) is 7.04. The van der Waals surface area contributed by atoms with Gasteiger partial charge in [0.1, 0.15) is 11.9 Å². The topological polar surface area (TPSA) is 111 Å². The number of carbonyl (C=O) groups is 2. The highest BCUT2D eigenvalue weighted by atomic mass is 16.2. The average molecular weight is 371 g/mol. The number of nitrogen functional groups attached to an aromatic ring is 1. The van der Waals surface area contributed by atoms with Crippen molar-refractivity contribution in [3.8, 4) is 0 Å². The first kappa shape index (κ1) is 19.4. The molecule has 1 atom stereocenters. The van der Waals surface area contributed by atoms with Crippen LogP contribution in [-0.2, 0) is 16.1 Å². The van der Waals surface area contributed by atoms with Crippen LogP contribution in [0.2, 0.25) is 0 Å². The Morgan fingerprint density at radius 2 is 1.81 bits per heavy atom. The molecule has 1 aliphatic carbocycles. The number of nitrogens with one attached hydrogen (secondary N) is 3. The second-order valence-electron chi connectivity index (χ2n) is 7.44. The highest BCUT2D eigenvalue weighted by molar-refractivity contribution is 5.94. The van der Waals surface area contributed by atoms with Crippen molar-refractivity contribution in [2.75, 3.05) is 13.1 Å². The van der Waals surface area contributed by atoms with Gasteiger partial charge in [-0.1, -0.05) is 37.1 Å². The first-order chi connectivity index (χ1) is 13.0. The summed E-state index contributed by atoms with van der Waals surface area (Å²) in [5, 5.41) is 13.7. The van der Waals surface area contributed by atoms with Gasteiger partial charge in [-0.15, -0.1) is 0 Å². The standard InChI is InChI=1S/C20H29N5O2/c21-19(22)15-9-7-14(8-10-15)12-24-20(27)17-6-3-11-25(17)18(26)13-23-16-4-1-2-5-16/h7-10,16-17,23H,1-6,11-13H2,(H3,21,22)(H,24,27). The van der Waals surface area contributed by atoms with E-state index in [1.54, 1.807) is 17.0 Å². The van der Waals surface area contributed by atoms with Gasteiger partial charge in [0, 0.05) is 24.7 Å². The van der Waals surface area contributed by atoms with Crippen LogP contribution in [0.5, 0.6) is 0 Å². The molecule has 1 unspecified atom stereocenters. The summed E-state index contributed by atoms with van der Waals surface area (Å²) >= 11 is 0. The number of benzene rings is 1. The number of nitrogens with two attached hydrogens (primary N) is 1. The lowest BCUT2D eigenvalue weighted by molar-refractivity contribution is -0.137. The lowest BCUT2D eigenvalue weighted by Gasteiger charge is -2.25. The van der Waals surface area contributed by atoms with Gasteiger partial charge >= 0.3 is 0 Å². The van der Waals surface area contributed by atoms with Gasteiger partial charge in [0.25, 0.3) is 0 Å². The molecule has 1 aromatic carbocycles. The van der Waals surface area contributed by atoms with Gasteiger partial charge in [-0.2, -0.15) is 0 Å². The molecule has 1 heterocycles. The fourth-order valence-electron chi connectivity index (χ4n) is 3.91. The van der Waals surface area contributed by atoms with Crippen molar-refractivity contribution in [1.82, 2.24) is 15.5 Å². The normalized spacial score (nSPS) is 20.0. The van der Waals surface area contributed by atoms with Gasteiger partial charge in [-0.25, -0.2) is 0 Å². The Balaban J connectivity index is 1.48. The van der Waals surface area contributed by atoms with E-state index in [2.05, 4.69) is 10.6 Å². The van der Waals surface area contributed by atoms with E-state index in [0.29, 0.717) is 37.7 Å². The molecule has 2 amide bonds. The van der Waals surface area contributed by atoms with E-state index in [0.717, 1.165) is 24.8 Å². The van der Waals surface area contributed by atoms with Gasteiger partial charge in [0.15, 0.2) is 0 Å². The Bertz CT molecular complexity index is 682. The van der Waals surface area contributed by atoms with Crippen molar-refractivity contribution in [3.63, 3.8) is 0 Å². The average Bonchev–Trinajstić information content (AvgIpc) is 3.36. The number of amidine groups is 1. The maximum absolute atomic E-state index is 12.6. The fourth-order valence-corrected chi connectivity index (χ4v) is 3.91. The van der Waals surface area contributed by atoms with Crippen LogP contribution in [0.15, 0.2) is 24.3 Å². The lowest BCUT2D eigenvalue weighted by Crippen LogP contribution is -2.49. The van der Waals surface area contributed by atoms with Crippen molar-refractivity contribution in [3.05, 3.63) is 35.4 Å². The zero-order valence-corrected chi connectivity index (χ0v) is 15.7. The molecular formula is C20H29N5O2.